The Kier molecular flexibility index (Phi) is 7.55. The van der Waals surface area contributed by atoms with Crippen LogP contribution >= 0.6 is 11.3 Å². The van der Waals surface area contributed by atoms with E-state index in [0.29, 0.717) is 5.69 Å². The van der Waals surface area contributed by atoms with Crippen LogP contribution in [0.1, 0.15) is 32.6 Å². The number of benzene rings is 1. The summed E-state index contributed by atoms with van der Waals surface area (Å²) in [4.78, 5) is 15.2. The minimum absolute atomic E-state index is 0.0840. The van der Waals surface area contributed by atoms with Crippen molar-refractivity contribution in [3.8, 4) is 0 Å². The second-order valence-corrected chi connectivity index (χ2v) is 9.53. The number of likely N-dealkylation sites (N-methyl/N-ethyl adjacent to an activating group) is 1. The van der Waals surface area contributed by atoms with E-state index in [1.807, 2.05) is 18.4 Å². The predicted molar refractivity (Wildman–Crippen MR) is 110 cm³/mol. The van der Waals surface area contributed by atoms with Gasteiger partial charge in [0.25, 0.3) is 5.91 Å². The molecule has 0 aliphatic heterocycles. The number of carbonyl (C=O) groups is 1. The highest BCUT2D eigenvalue weighted by molar-refractivity contribution is 7.89. The van der Waals surface area contributed by atoms with Crippen molar-refractivity contribution in [2.45, 2.75) is 51.2 Å². The second-order valence-electron chi connectivity index (χ2n) is 6.78. The molecule has 1 amide bonds. The number of thiophene rings is 1. The van der Waals surface area contributed by atoms with Gasteiger partial charge in [0.15, 0.2) is 6.04 Å². The third kappa shape index (κ3) is 6.14. The third-order valence-electron chi connectivity index (χ3n) is 4.26. The Hall–Kier alpha value is -1.74. The molecule has 0 aliphatic rings. The first-order chi connectivity index (χ1) is 12.7. The Labute approximate surface area is 165 Å². The van der Waals surface area contributed by atoms with Crippen molar-refractivity contribution < 1.29 is 18.1 Å². The van der Waals surface area contributed by atoms with E-state index >= 15 is 0 Å². The smallest absolute Gasteiger partial charge is 0.282 e. The van der Waals surface area contributed by atoms with E-state index in [1.54, 1.807) is 37.3 Å². The van der Waals surface area contributed by atoms with Gasteiger partial charge < -0.3 is 10.2 Å². The topological polar surface area (TPSA) is 79.7 Å². The van der Waals surface area contributed by atoms with Crippen LogP contribution in [0.4, 0.5) is 5.69 Å². The SMILES string of the molecule is CC[NH+](Cc1cccs1)[C@@H](C)C(=O)Nc1ccc(S(=O)(=O)NC(C)C)cc1. The van der Waals surface area contributed by atoms with Gasteiger partial charge in [-0.2, -0.15) is 0 Å². The molecule has 0 fully saturated rings. The number of rotatable bonds is 9. The summed E-state index contributed by atoms with van der Waals surface area (Å²) in [7, 11) is -3.53. The summed E-state index contributed by atoms with van der Waals surface area (Å²) in [6.07, 6.45) is 0. The molecular weight excluding hydrogens is 382 g/mol. The quantitative estimate of drug-likeness (QED) is 0.590. The minimum Gasteiger partial charge on any atom is -0.321 e. The maximum atomic E-state index is 12.6. The molecule has 148 valence electrons. The zero-order chi connectivity index (χ0) is 20.0. The summed E-state index contributed by atoms with van der Waals surface area (Å²) in [5, 5.41) is 4.92. The normalized spacial score (nSPS) is 14.1. The number of amides is 1. The predicted octanol–water partition coefficient (Wildman–Crippen LogP) is 1.87. The lowest BCUT2D eigenvalue weighted by atomic mass is 10.2. The number of nitrogens with one attached hydrogen (secondary N) is 3. The first-order valence-electron chi connectivity index (χ1n) is 9.03. The van der Waals surface area contributed by atoms with Gasteiger partial charge >= 0.3 is 0 Å². The van der Waals surface area contributed by atoms with Gasteiger partial charge in [-0.25, -0.2) is 13.1 Å². The summed E-state index contributed by atoms with van der Waals surface area (Å²) in [5.41, 5.74) is 0.585. The van der Waals surface area contributed by atoms with Crippen molar-refractivity contribution in [2.75, 3.05) is 11.9 Å². The maximum absolute atomic E-state index is 12.6. The van der Waals surface area contributed by atoms with Crippen molar-refractivity contribution in [3.05, 3.63) is 46.7 Å². The van der Waals surface area contributed by atoms with Crippen LogP contribution in [-0.4, -0.2) is 33.0 Å². The zero-order valence-corrected chi connectivity index (χ0v) is 17.8. The van der Waals surface area contributed by atoms with E-state index in [9.17, 15) is 13.2 Å². The fourth-order valence-electron chi connectivity index (χ4n) is 2.75. The molecule has 1 aromatic heterocycles. The van der Waals surface area contributed by atoms with E-state index < -0.39 is 10.0 Å². The van der Waals surface area contributed by atoms with Gasteiger partial charge in [0.1, 0.15) is 6.54 Å². The molecule has 8 heteroatoms. The molecule has 6 nitrogen and oxygen atoms in total. The Morgan fingerprint density at radius 1 is 1.15 bits per heavy atom. The standard InChI is InChI=1S/C19H27N3O3S2/c1-5-22(13-17-7-6-12-26-17)15(4)19(23)20-16-8-10-18(11-9-16)27(24,25)21-14(2)3/h6-12,14-15,21H,5,13H2,1-4H3,(H,20,23)/p+1/t15-/m0/s1. The summed E-state index contributed by atoms with van der Waals surface area (Å²) in [6, 6.07) is 9.93. The van der Waals surface area contributed by atoms with Gasteiger partial charge in [-0.1, -0.05) is 6.07 Å². The Bertz CT molecular complexity index is 832. The van der Waals surface area contributed by atoms with Crippen LogP contribution in [0.5, 0.6) is 0 Å². The number of hydrogen-bond donors (Lipinski definition) is 3. The van der Waals surface area contributed by atoms with Crippen LogP contribution in [0.2, 0.25) is 0 Å². The third-order valence-corrected chi connectivity index (χ3v) is 6.82. The highest BCUT2D eigenvalue weighted by atomic mass is 32.2. The van der Waals surface area contributed by atoms with E-state index in [0.717, 1.165) is 13.1 Å². The Balaban J connectivity index is 2.02. The fourth-order valence-corrected chi connectivity index (χ4v) is 4.76. The molecule has 1 unspecified atom stereocenters. The molecule has 2 atom stereocenters. The molecular formula is C19H28N3O3S2+. The molecule has 0 saturated carbocycles. The molecule has 0 saturated heterocycles. The summed E-state index contributed by atoms with van der Waals surface area (Å²) in [6.45, 7) is 9.16. The van der Waals surface area contributed by atoms with Gasteiger partial charge in [-0.05, 0) is 63.4 Å². The van der Waals surface area contributed by atoms with Gasteiger partial charge in [0.2, 0.25) is 10.0 Å². The molecule has 0 bridgehead atoms. The van der Waals surface area contributed by atoms with Crippen LogP contribution in [-0.2, 0) is 21.4 Å². The van der Waals surface area contributed by atoms with E-state index in [-0.39, 0.29) is 22.9 Å². The molecule has 2 aromatic rings. The highest BCUT2D eigenvalue weighted by Crippen LogP contribution is 2.14. The summed E-state index contributed by atoms with van der Waals surface area (Å²) in [5.74, 6) is -0.0840. The van der Waals surface area contributed by atoms with Gasteiger partial charge in [0.05, 0.1) is 16.3 Å². The van der Waals surface area contributed by atoms with Crippen molar-refractivity contribution >= 4 is 33.0 Å². The Morgan fingerprint density at radius 2 is 1.81 bits per heavy atom. The Morgan fingerprint density at radius 3 is 2.33 bits per heavy atom. The monoisotopic (exact) mass is 410 g/mol. The lowest BCUT2D eigenvalue weighted by Crippen LogP contribution is -3.15. The van der Waals surface area contributed by atoms with Crippen LogP contribution in [0.15, 0.2) is 46.7 Å². The van der Waals surface area contributed by atoms with E-state index in [4.69, 9.17) is 0 Å². The van der Waals surface area contributed by atoms with Crippen molar-refractivity contribution in [1.29, 1.82) is 0 Å². The molecule has 1 aromatic carbocycles. The lowest BCUT2D eigenvalue weighted by Gasteiger charge is -2.23. The first kappa shape index (κ1) is 21.6. The summed E-state index contributed by atoms with van der Waals surface area (Å²) >= 11 is 1.69. The van der Waals surface area contributed by atoms with Gasteiger partial charge in [-0.3, -0.25) is 4.79 Å². The molecule has 3 N–H and O–H groups in total. The zero-order valence-electron chi connectivity index (χ0n) is 16.2. The number of anilines is 1. The minimum atomic E-state index is -3.53. The largest absolute Gasteiger partial charge is 0.321 e. The van der Waals surface area contributed by atoms with E-state index in [1.165, 1.54) is 21.9 Å². The number of hydrogen-bond acceptors (Lipinski definition) is 4. The highest BCUT2D eigenvalue weighted by Gasteiger charge is 2.24. The maximum Gasteiger partial charge on any atom is 0.282 e. The van der Waals surface area contributed by atoms with Crippen LogP contribution in [0.25, 0.3) is 0 Å². The van der Waals surface area contributed by atoms with E-state index in [2.05, 4.69) is 23.0 Å². The molecule has 2 rings (SSSR count). The van der Waals surface area contributed by atoms with Crippen LogP contribution < -0.4 is 14.9 Å². The number of quaternary nitrogens is 1. The van der Waals surface area contributed by atoms with Crippen molar-refractivity contribution in [2.24, 2.45) is 0 Å². The number of carbonyl (C=O) groups excluding carboxylic acids is 1. The molecule has 0 spiro atoms. The second kappa shape index (κ2) is 9.45. The van der Waals surface area contributed by atoms with Crippen molar-refractivity contribution in [1.82, 2.24) is 4.72 Å². The lowest BCUT2D eigenvalue weighted by molar-refractivity contribution is -0.925. The fraction of sp³-hybridized carbons (Fsp3) is 0.421. The van der Waals surface area contributed by atoms with Crippen molar-refractivity contribution in [3.63, 3.8) is 0 Å². The van der Waals surface area contributed by atoms with Gasteiger partial charge in [0, 0.05) is 11.7 Å². The molecule has 0 radical (unpaired) electrons. The average Bonchev–Trinajstić information content (AvgIpc) is 3.11. The molecule has 1 heterocycles. The summed E-state index contributed by atoms with van der Waals surface area (Å²) < 4.78 is 26.9. The number of sulfonamides is 1. The first-order valence-corrected chi connectivity index (χ1v) is 11.4. The molecule has 27 heavy (non-hydrogen) atoms. The van der Waals surface area contributed by atoms with Crippen LogP contribution in [0.3, 0.4) is 0 Å². The van der Waals surface area contributed by atoms with Crippen LogP contribution in [0, 0.1) is 0 Å². The van der Waals surface area contributed by atoms with Gasteiger partial charge in [-0.15, -0.1) is 11.3 Å². The average molecular weight is 411 g/mol. The molecule has 0 aliphatic carbocycles.